The number of nitrogens with zero attached hydrogens (tertiary/aromatic N) is 1. The lowest BCUT2D eigenvalue weighted by Crippen LogP contribution is -2.14. The first-order chi connectivity index (χ1) is 18.3. The quantitative estimate of drug-likeness (QED) is 0.268. The lowest BCUT2D eigenvalue weighted by atomic mass is 9.83. The maximum absolute atomic E-state index is 14.0. The van der Waals surface area contributed by atoms with E-state index in [4.69, 9.17) is 4.98 Å². The van der Waals surface area contributed by atoms with Gasteiger partial charge in [-0.3, -0.25) is 4.98 Å². The molecule has 2 fully saturated rings. The molecule has 2 unspecified atom stereocenters. The van der Waals surface area contributed by atoms with Gasteiger partial charge in [-0.1, -0.05) is 37.1 Å². The summed E-state index contributed by atoms with van der Waals surface area (Å²) in [5.41, 5.74) is 5.58. The number of aliphatic hydroxyl groups excluding tert-OH is 1. The third-order valence-electron chi connectivity index (χ3n) is 8.88. The number of hydrogen-bond donors (Lipinski definition) is 1. The number of alkyl halides is 3. The van der Waals surface area contributed by atoms with E-state index in [1.54, 1.807) is 24.3 Å². The Bertz CT molecular complexity index is 1290. The molecule has 3 aliphatic rings. The number of halogens is 4. The van der Waals surface area contributed by atoms with Crippen LogP contribution in [0.4, 0.5) is 17.6 Å². The van der Waals surface area contributed by atoms with Gasteiger partial charge < -0.3 is 5.11 Å². The van der Waals surface area contributed by atoms with Crippen molar-refractivity contribution in [3.05, 3.63) is 88.0 Å². The molecule has 2 saturated carbocycles. The van der Waals surface area contributed by atoms with Crippen LogP contribution in [0.2, 0.25) is 0 Å². The summed E-state index contributed by atoms with van der Waals surface area (Å²) in [4.78, 5) is 5.26. The number of aliphatic hydroxyl groups is 1. The number of fused-ring (bicyclic) bond motifs is 1. The molecule has 6 rings (SSSR count). The molecule has 3 aliphatic carbocycles. The summed E-state index contributed by atoms with van der Waals surface area (Å²) in [5.74, 6) is 1.09. The molecule has 2 aromatic carbocycles. The highest BCUT2D eigenvalue weighted by Gasteiger charge is 2.38. The summed E-state index contributed by atoms with van der Waals surface area (Å²) in [7, 11) is 0. The van der Waals surface area contributed by atoms with Gasteiger partial charge in [-0.15, -0.1) is 0 Å². The molecule has 0 bridgehead atoms. The van der Waals surface area contributed by atoms with Gasteiger partial charge in [-0.05, 0) is 110 Å². The Morgan fingerprint density at radius 2 is 1.53 bits per heavy atom. The minimum Gasteiger partial charge on any atom is -0.388 e. The lowest BCUT2D eigenvalue weighted by Gasteiger charge is -2.26. The van der Waals surface area contributed by atoms with Gasteiger partial charge in [0, 0.05) is 22.9 Å². The van der Waals surface area contributed by atoms with E-state index < -0.39 is 17.8 Å². The minimum atomic E-state index is -4.39. The van der Waals surface area contributed by atoms with Crippen LogP contribution in [0.5, 0.6) is 0 Å². The Morgan fingerprint density at radius 1 is 0.842 bits per heavy atom. The molecule has 3 aromatic rings. The molecular weight excluding hydrogens is 490 g/mol. The second-order valence-corrected chi connectivity index (χ2v) is 11.5. The molecule has 0 radical (unpaired) electrons. The van der Waals surface area contributed by atoms with Gasteiger partial charge in [-0.25, -0.2) is 4.39 Å². The van der Waals surface area contributed by atoms with Crippen molar-refractivity contribution in [1.29, 1.82) is 0 Å². The van der Waals surface area contributed by atoms with Crippen LogP contribution >= 0.6 is 0 Å². The average molecular weight is 524 g/mol. The van der Waals surface area contributed by atoms with Crippen LogP contribution in [0.3, 0.4) is 0 Å². The Morgan fingerprint density at radius 3 is 2.16 bits per heavy atom. The van der Waals surface area contributed by atoms with E-state index >= 15 is 0 Å². The van der Waals surface area contributed by atoms with Crippen molar-refractivity contribution >= 4 is 0 Å². The highest BCUT2D eigenvalue weighted by Crippen LogP contribution is 2.49. The monoisotopic (exact) mass is 523 g/mol. The number of aryl methyl sites for hydroxylation is 1. The molecule has 38 heavy (non-hydrogen) atoms. The topological polar surface area (TPSA) is 33.1 Å². The van der Waals surface area contributed by atoms with Gasteiger partial charge in [0.1, 0.15) is 5.82 Å². The predicted octanol–water partition coefficient (Wildman–Crippen LogP) is 8.55. The summed E-state index contributed by atoms with van der Waals surface area (Å²) in [6, 6.07) is 11.8. The third kappa shape index (κ3) is 5.12. The summed E-state index contributed by atoms with van der Waals surface area (Å²) in [6.07, 6.45) is 4.61. The molecule has 1 N–H and O–H groups in total. The Balaban J connectivity index is 1.52. The van der Waals surface area contributed by atoms with E-state index in [1.165, 1.54) is 25.0 Å². The fraction of sp³-hybridized carbons (Fsp3) is 0.469. The molecule has 1 heterocycles. The van der Waals surface area contributed by atoms with Crippen molar-refractivity contribution in [3.63, 3.8) is 0 Å². The smallest absolute Gasteiger partial charge is 0.388 e. The molecule has 0 aliphatic heterocycles. The van der Waals surface area contributed by atoms with Gasteiger partial charge in [0.2, 0.25) is 0 Å². The van der Waals surface area contributed by atoms with Gasteiger partial charge in [-0.2, -0.15) is 13.2 Å². The molecule has 6 heteroatoms. The van der Waals surface area contributed by atoms with Crippen LogP contribution < -0.4 is 0 Å². The minimum absolute atomic E-state index is 0.281. The molecule has 0 spiro atoms. The fourth-order valence-corrected chi connectivity index (χ4v) is 6.78. The SMILES string of the molecule is OC1CC(C2CC2)CCc2nc(C3CCCC3)c(Cc3ccc(C(F)(F)F)cc3)c(-c3ccc(F)cc3)c21. The number of benzene rings is 2. The zero-order valence-corrected chi connectivity index (χ0v) is 21.4. The van der Waals surface area contributed by atoms with Crippen LogP contribution in [-0.2, 0) is 19.0 Å². The van der Waals surface area contributed by atoms with Crippen LogP contribution in [0.25, 0.3) is 11.1 Å². The Kier molecular flexibility index (Phi) is 6.79. The van der Waals surface area contributed by atoms with E-state index in [-0.39, 0.29) is 11.7 Å². The van der Waals surface area contributed by atoms with Gasteiger partial charge in [0.05, 0.1) is 11.7 Å². The summed E-state index contributed by atoms with van der Waals surface area (Å²) >= 11 is 0. The standard InChI is InChI=1S/C32H33F4NO/c33-25-14-9-21(10-15-25)29-26(17-19-5-12-24(13-6-19)32(34,35)36)31(22-3-1-2-4-22)37-27-16-11-23(20-7-8-20)18-28(38)30(27)29/h5-6,9-10,12-15,20,22-23,28,38H,1-4,7-8,11,16-18H2. The van der Waals surface area contributed by atoms with E-state index in [0.29, 0.717) is 24.7 Å². The highest BCUT2D eigenvalue weighted by atomic mass is 19.4. The number of rotatable bonds is 5. The second kappa shape index (κ2) is 10.1. The van der Waals surface area contributed by atoms with Crippen LogP contribution in [0, 0.1) is 17.7 Å². The number of hydrogen-bond acceptors (Lipinski definition) is 2. The largest absolute Gasteiger partial charge is 0.416 e. The van der Waals surface area contributed by atoms with Crippen molar-refractivity contribution in [2.75, 3.05) is 0 Å². The van der Waals surface area contributed by atoms with Gasteiger partial charge in [0.25, 0.3) is 0 Å². The molecule has 0 saturated heterocycles. The normalized spacial score (nSPS) is 22.3. The summed E-state index contributed by atoms with van der Waals surface area (Å²) in [6.45, 7) is 0. The maximum Gasteiger partial charge on any atom is 0.416 e. The highest BCUT2D eigenvalue weighted by molar-refractivity contribution is 5.74. The van der Waals surface area contributed by atoms with Crippen molar-refractivity contribution in [1.82, 2.24) is 4.98 Å². The molecule has 2 atom stereocenters. The molecule has 200 valence electrons. The Labute approximate surface area is 221 Å². The van der Waals surface area contributed by atoms with Crippen molar-refractivity contribution in [3.8, 4) is 11.1 Å². The first-order valence-corrected chi connectivity index (χ1v) is 13.9. The van der Waals surface area contributed by atoms with Crippen molar-refractivity contribution in [2.24, 2.45) is 11.8 Å². The van der Waals surface area contributed by atoms with Crippen LogP contribution in [0.15, 0.2) is 48.5 Å². The van der Waals surface area contributed by atoms with E-state index in [0.717, 1.165) is 89.9 Å². The van der Waals surface area contributed by atoms with Crippen molar-refractivity contribution in [2.45, 2.75) is 82.4 Å². The Hall–Kier alpha value is -2.73. The average Bonchev–Trinajstić information content (AvgIpc) is 3.63. The van der Waals surface area contributed by atoms with E-state index in [1.807, 2.05) is 0 Å². The summed E-state index contributed by atoms with van der Waals surface area (Å²) in [5, 5.41) is 11.6. The van der Waals surface area contributed by atoms with E-state index in [9.17, 15) is 22.7 Å². The zero-order valence-electron chi connectivity index (χ0n) is 21.4. The summed E-state index contributed by atoms with van der Waals surface area (Å²) < 4.78 is 53.7. The number of aromatic nitrogens is 1. The van der Waals surface area contributed by atoms with Gasteiger partial charge >= 0.3 is 6.18 Å². The molecule has 2 nitrogen and oxygen atoms in total. The van der Waals surface area contributed by atoms with Crippen molar-refractivity contribution < 1.29 is 22.7 Å². The molecule has 1 aromatic heterocycles. The van der Waals surface area contributed by atoms with E-state index in [2.05, 4.69) is 0 Å². The zero-order chi connectivity index (χ0) is 26.4. The second-order valence-electron chi connectivity index (χ2n) is 11.5. The van der Waals surface area contributed by atoms with Crippen LogP contribution in [-0.4, -0.2) is 10.1 Å². The number of pyridine rings is 1. The molecule has 0 amide bonds. The maximum atomic E-state index is 14.0. The molecular formula is C32H33F4NO. The first-order valence-electron chi connectivity index (χ1n) is 13.9. The lowest BCUT2D eigenvalue weighted by molar-refractivity contribution is -0.137. The predicted molar refractivity (Wildman–Crippen MR) is 139 cm³/mol. The van der Waals surface area contributed by atoms with Crippen LogP contribution in [0.1, 0.15) is 97.0 Å². The third-order valence-corrected chi connectivity index (χ3v) is 8.88. The van der Waals surface area contributed by atoms with Gasteiger partial charge in [0.15, 0.2) is 0 Å². The first kappa shape index (κ1) is 25.5. The fourth-order valence-electron chi connectivity index (χ4n) is 6.78.